The summed E-state index contributed by atoms with van der Waals surface area (Å²) in [5.41, 5.74) is 2.34. The number of likely N-dealkylation sites (N-methyl/N-ethyl adjacent to an activating group) is 1. The number of carbonyl (C=O) groups is 2. The normalized spacial score (nSPS) is 15.0. The molecule has 35 heavy (non-hydrogen) atoms. The van der Waals surface area contributed by atoms with Crippen molar-refractivity contribution < 1.29 is 23.5 Å². The Morgan fingerprint density at radius 3 is 2.46 bits per heavy atom. The first kappa shape index (κ1) is 23.7. The SMILES string of the molecule is COc1ccc(OC)c(CNC(=O)NC2N=C(c3ccccc3F)c3ccccc3N(C)C2=O)c1. The standard InChI is InChI=1S/C26H25FN4O4/c1-31-21-11-7-5-9-19(21)23(18-8-4-6-10-20(18)27)29-24(25(31)32)30-26(33)28-15-16-14-17(34-2)12-13-22(16)35-3/h4-14,24H,15H2,1-3H3,(H2,28,30,33). The first-order chi connectivity index (χ1) is 16.9. The summed E-state index contributed by atoms with van der Waals surface area (Å²) in [7, 11) is 4.67. The van der Waals surface area contributed by atoms with Crippen LogP contribution in [0.1, 0.15) is 16.7 Å². The van der Waals surface area contributed by atoms with E-state index in [0.717, 1.165) is 0 Å². The van der Waals surface area contributed by atoms with Gasteiger partial charge in [0.25, 0.3) is 5.91 Å². The van der Waals surface area contributed by atoms with Crippen molar-refractivity contribution in [2.45, 2.75) is 12.7 Å². The van der Waals surface area contributed by atoms with E-state index in [0.29, 0.717) is 28.3 Å². The van der Waals surface area contributed by atoms with E-state index in [-0.39, 0.29) is 17.8 Å². The molecule has 0 saturated heterocycles. The third-order valence-corrected chi connectivity index (χ3v) is 5.67. The highest BCUT2D eigenvalue weighted by atomic mass is 19.1. The lowest BCUT2D eigenvalue weighted by Gasteiger charge is -2.21. The van der Waals surface area contributed by atoms with Crippen LogP contribution in [0.3, 0.4) is 0 Å². The number of aliphatic imine (C=N–C) groups is 1. The fourth-order valence-electron chi connectivity index (χ4n) is 3.86. The van der Waals surface area contributed by atoms with Crippen LogP contribution in [-0.4, -0.2) is 45.1 Å². The number of urea groups is 1. The minimum absolute atomic E-state index is 0.118. The van der Waals surface area contributed by atoms with E-state index in [1.165, 1.54) is 18.1 Å². The van der Waals surface area contributed by atoms with E-state index >= 15 is 0 Å². The lowest BCUT2D eigenvalue weighted by atomic mass is 10.00. The molecule has 1 atom stereocenters. The molecule has 9 heteroatoms. The largest absolute Gasteiger partial charge is 0.497 e. The fourth-order valence-corrected chi connectivity index (χ4v) is 3.86. The molecule has 180 valence electrons. The van der Waals surface area contributed by atoms with Gasteiger partial charge < -0.3 is 25.0 Å². The summed E-state index contributed by atoms with van der Waals surface area (Å²) < 4.78 is 25.3. The molecule has 0 aliphatic carbocycles. The number of benzodiazepines with no additional fused rings is 1. The molecule has 3 amide bonds. The van der Waals surface area contributed by atoms with Crippen molar-refractivity contribution >= 4 is 23.3 Å². The second kappa shape index (κ2) is 10.3. The molecule has 0 aromatic heterocycles. The summed E-state index contributed by atoms with van der Waals surface area (Å²) in [6.07, 6.45) is -1.27. The van der Waals surface area contributed by atoms with Crippen LogP contribution in [-0.2, 0) is 11.3 Å². The van der Waals surface area contributed by atoms with Crippen molar-refractivity contribution in [1.29, 1.82) is 0 Å². The Morgan fingerprint density at radius 2 is 1.74 bits per heavy atom. The van der Waals surface area contributed by atoms with Gasteiger partial charge >= 0.3 is 6.03 Å². The molecular weight excluding hydrogens is 451 g/mol. The molecule has 3 aromatic rings. The van der Waals surface area contributed by atoms with Crippen LogP contribution < -0.4 is 25.0 Å². The average molecular weight is 477 g/mol. The summed E-state index contributed by atoms with van der Waals surface area (Å²) in [6.45, 7) is 0.118. The number of nitrogens with zero attached hydrogens (tertiary/aromatic N) is 2. The Bertz CT molecular complexity index is 1290. The molecule has 1 heterocycles. The number of fused-ring (bicyclic) bond motifs is 1. The molecule has 0 spiro atoms. The molecular formula is C26H25FN4O4. The van der Waals surface area contributed by atoms with Crippen LogP contribution in [0.15, 0.2) is 71.7 Å². The molecule has 1 aliphatic rings. The molecule has 1 unspecified atom stereocenters. The van der Waals surface area contributed by atoms with Gasteiger partial charge in [0.1, 0.15) is 17.3 Å². The number of hydrogen-bond donors (Lipinski definition) is 2. The summed E-state index contributed by atoms with van der Waals surface area (Å²) in [4.78, 5) is 31.9. The number of amides is 3. The third-order valence-electron chi connectivity index (χ3n) is 5.67. The number of para-hydroxylation sites is 1. The van der Waals surface area contributed by atoms with E-state index in [1.54, 1.807) is 74.8 Å². The van der Waals surface area contributed by atoms with Crippen LogP contribution in [0.25, 0.3) is 0 Å². The van der Waals surface area contributed by atoms with E-state index in [4.69, 9.17) is 9.47 Å². The van der Waals surface area contributed by atoms with Crippen LogP contribution >= 0.6 is 0 Å². The van der Waals surface area contributed by atoms with Gasteiger partial charge in [-0.05, 0) is 36.4 Å². The monoisotopic (exact) mass is 476 g/mol. The van der Waals surface area contributed by atoms with Gasteiger partial charge in [-0.2, -0.15) is 0 Å². The van der Waals surface area contributed by atoms with Crippen molar-refractivity contribution in [3.05, 3.63) is 89.2 Å². The van der Waals surface area contributed by atoms with Gasteiger partial charge in [0.15, 0.2) is 0 Å². The molecule has 1 aliphatic heterocycles. The fraction of sp³-hybridized carbons (Fsp3) is 0.192. The Hall–Kier alpha value is -4.40. The first-order valence-electron chi connectivity index (χ1n) is 10.9. The maximum Gasteiger partial charge on any atom is 0.317 e. The maximum atomic E-state index is 14.7. The second-order valence-corrected chi connectivity index (χ2v) is 7.78. The zero-order valence-corrected chi connectivity index (χ0v) is 19.5. The second-order valence-electron chi connectivity index (χ2n) is 7.78. The van der Waals surface area contributed by atoms with Gasteiger partial charge in [-0.25, -0.2) is 14.2 Å². The summed E-state index contributed by atoms with van der Waals surface area (Å²) in [5, 5.41) is 5.32. The molecule has 8 nitrogen and oxygen atoms in total. The summed E-state index contributed by atoms with van der Waals surface area (Å²) in [6, 6.07) is 17.9. The Kier molecular flexibility index (Phi) is 6.96. The van der Waals surface area contributed by atoms with Crippen molar-refractivity contribution in [3.63, 3.8) is 0 Å². The topological polar surface area (TPSA) is 92.3 Å². The predicted molar refractivity (Wildman–Crippen MR) is 131 cm³/mol. The number of benzene rings is 3. The molecule has 0 radical (unpaired) electrons. The Morgan fingerprint density at radius 1 is 1.03 bits per heavy atom. The van der Waals surface area contributed by atoms with Gasteiger partial charge in [-0.15, -0.1) is 0 Å². The highest BCUT2D eigenvalue weighted by molar-refractivity contribution is 6.20. The number of halogens is 1. The minimum atomic E-state index is -1.27. The van der Waals surface area contributed by atoms with E-state index in [2.05, 4.69) is 15.6 Å². The van der Waals surface area contributed by atoms with Crippen LogP contribution in [0, 0.1) is 5.82 Å². The van der Waals surface area contributed by atoms with Gasteiger partial charge in [0.05, 0.1) is 25.6 Å². The minimum Gasteiger partial charge on any atom is -0.497 e. The smallest absolute Gasteiger partial charge is 0.317 e. The average Bonchev–Trinajstić information content (AvgIpc) is 2.98. The van der Waals surface area contributed by atoms with E-state index < -0.39 is 23.9 Å². The zero-order chi connectivity index (χ0) is 24.9. The summed E-state index contributed by atoms with van der Waals surface area (Å²) in [5.74, 6) is 0.247. The van der Waals surface area contributed by atoms with Crippen molar-refractivity contribution in [3.8, 4) is 11.5 Å². The number of carbonyl (C=O) groups excluding carboxylic acids is 2. The van der Waals surface area contributed by atoms with E-state index in [9.17, 15) is 14.0 Å². The molecule has 4 rings (SSSR count). The lowest BCUT2D eigenvalue weighted by molar-refractivity contribution is -0.119. The van der Waals surface area contributed by atoms with Crippen LogP contribution in [0.5, 0.6) is 11.5 Å². The van der Waals surface area contributed by atoms with Crippen LogP contribution in [0.4, 0.5) is 14.9 Å². The first-order valence-corrected chi connectivity index (χ1v) is 10.9. The van der Waals surface area contributed by atoms with Crippen molar-refractivity contribution in [2.75, 3.05) is 26.2 Å². The van der Waals surface area contributed by atoms with Gasteiger partial charge in [0, 0.05) is 30.3 Å². The molecule has 2 N–H and O–H groups in total. The van der Waals surface area contributed by atoms with Crippen molar-refractivity contribution in [2.24, 2.45) is 4.99 Å². The number of methoxy groups -OCH3 is 2. The number of hydrogen-bond acceptors (Lipinski definition) is 5. The highest BCUT2D eigenvalue weighted by Crippen LogP contribution is 2.28. The molecule has 0 saturated carbocycles. The number of anilines is 1. The molecule has 3 aromatic carbocycles. The Balaban J connectivity index is 1.62. The third kappa shape index (κ3) is 4.93. The number of nitrogens with one attached hydrogen (secondary N) is 2. The van der Waals surface area contributed by atoms with Gasteiger partial charge in [0.2, 0.25) is 6.17 Å². The lowest BCUT2D eigenvalue weighted by Crippen LogP contribution is -2.49. The van der Waals surface area contributed by atoms with Gasteiger partial charge in [-0.3, -0.25) is 4.79 Å². The number of rotatable bonds is 6. The van der Waals surface area contributed by atoms with Crippen molar-refractivity contribution in [1.82, 2.24) is 10.6 Å². The maximum absolute atomic E-state index is 14.7. The number of ether oxygens (including phenoxy) is 2. The van der Waals surface area contributed by atoms with E-state index in [1.807, 2.05) is 0 Å². The summed E-state index contributed by atoms with van der Waals surface area (Å²) >= 11 is 0. The highest BCUT2D eigenvalue weighted by Gasteiger charge is 2.31. The Labute approximate surface area is 202 Å². The van der Waals surface area contributed by atoms with Crippen LogP contribution in [0.2, 0.25) is 0 Å². The predicted octanol–water partition coefficient (Wildman–Crippen LogP) is 3.48. The quantitative estimate of drug-likeness (QED) is 0.570. The molecule has 0 bridgehead atoms. The van der Waals surface area contributed by atoms with Gasteiger partial charge in [-0.1, -0.05) is 30.3 Å². The zero-order valence-electron chi connectivity index (χ0n) is 19.5. The molecule has 0 fully saturated rings.